The maximum Gasteiger partial charge on any atom is 0.233 e. The zero-order valence-electron chi connectivity index (χ0n) is 16.6. The van der Waals surface area contributed by atoms with E-state index in [9.17, 15) is 9.59 Å². The molecule has 2 rings (SSSR count). The number of carbonyl (C=O) groups excluding carboxylic acids is 2. The van der Waals surface area contributed by atoms with Gasteiger partial charge in [0.25, 0.3) is 0 Å². The van der Waals surface area contributed by atoms with Gasteiger partial charge in [0.05, 0.1) is 23.8 Å². The summed E-state index contributed by atoms with van der Waals surface area (Å²) >= 11 is 6.19. The Labute approximate surface area is 166 Å². The molecule has 1 aliphatic rings. The van der Waals surface area contributed by atoms with Gasteiger partial charge in [0.1, 0.15) is 0 Å². The van der Waals surface area contributed by atoms with Crippen molar-refractivity contribution < 1.29 is 19.1 Å². The van der Waals surface area contributed by atoms with Gasteiger partial charge in [-0.2, -0.15) is 0 Å². The van der Waals surface area contributed by atoms with Gasteiger partial charge in [-0.25, -0.2) is 0 Å². The topological polar surface area (TPSA) is 52.6 Å². The van der Waals surface area contributed by atoms with Crippen molar-refractivity contribution in [2.75, 3.05) is 13.2 Å². The van der Waals surface area contributed by atoms with E-state index in [1.807, 2.05) is 0 Å². The highest BCUT2D eigenvalue weighted by molar-refractivity contribution is 6.38. The average Bonchev–Trinajstić information content (AvgIpc) is 2.60. The fraction of sp³-hybridized carbons (Fsp3) is 0.545. The first kappa shape index (κ1) is 21.5. The van der Waals surface area contributed by atoms with E-state index in [0.717, 1.165) is 25.7 Å². The van der Waals surface area contributed by atoms with Gasteiger partial charge in [-0.3, -0.25) is 9.59 Å². The van der Waals surface area contributed by atoms with Crippen LogP contribution >= 0.6 is 11.6 Å². The average molecular weight is 393 g/mol. The van der Waals surface area contributed by atoms with E-state index in [2.05, 4.69) is 27.7 Å². The third-order valence-electron chi connectivity index (χ3n) is 4.45. The standard InChI is InChI=1S/C22H29ClO4/c1-14(2)8-6-12-26-21-19(24)16-10-5-11-17(23)18(16)20(25)22(21)27-13-7-9-15(3)4/h5,10-11,14-15H,6-9,12-13H2,1-4H3. The van der Waals surface area contributed by atoms with Gasteiger partial charge in [0.15, 0.2) is 0 Å². The van der Waals surface area contributed by atoms with Crippen LogP contribution in [0.2, 0.25) is 5.02 Å². The van der Waals surface area contributed by atoms with Crippen LogP contribution in [-0.2, 0) is 9.47 Å². The summed E-state index contributed by atoms with van der Waals surface area (Å²) in [5.41, 5.74) is 0.485. The second-order valence-electron chi connectivity index (χ2n) is 7.75. The van der Waals surface area contributed by atoms with Gasteiger partial charge < -0.3 is 9.47 Å². The Morgan fingerprint density at radius 2 is 1.37 bits per heavy atom. The van der Waals surface area contributed by atoms with Gasteiger partial charge in [-0.05, 0) is 43.6 Å². The molecule has 0 heterocycles. The van der Waals surface area contributed by atoms with Crippen molar-refractivity contribution in [1.82, 2.24) is 0 Å². The maximum absolute atomic E-state index is 13.0. The second-order valence-corrected chi connectivity index (χ2v) is 8.16. The molecule has 0 amide bonds. The molecule has 0 aliphatic heterocycles. The molecule has 148 valence electrons. The summed E-state index contributed by atoms with van der Waals surface area (Å²) in [5.74, 6) is 0.400. The van der Waals surface area contributed by atoms with Crippen LogP contribution in [0.15, 0.2) is 29.7 Å². The number of ketones is 2. The Morgan fingerprint density at radius 3 is 1.89 bits per heavy atom. The summed E-state index contributed by atoms with van der Waals surface area (Å²) in [7, 11) is 0. The first-order valence-corrected chi connectivity index (χ1v) is 10.1. The largest absolute Gasteiger partial charge is 0.486 e. The van der Waals surface area contributed by atoms with Crippen LogP contribution in [0.5, 0.6) is 0 Å². The molecule has 1 aromatic carbocycles. The van der Waals surface area contributed by atoms with Crippen LogP contribution in [0.1, 0.15) is 74.1 Å². The lowest BCUT2D eigenvalue weighted by molar-refractivity contribution is 0.0741. The lowest BCUT2D eigenvalue weighted by atomic mass is 9.92. The summed E-state index contributed by atoms with van der Waals surface area (Å²) in [5, 5.41) is 0.257. The van der Waals surface area contributed by atoms with Crippen molar-refractivity contribution in [3.05, 3.63) is 45.9 Å². The molecule has 0 spiro atoms. The van der Waals surface area contributed by atoms with Crippen LogP contribution < -0.4 is 0 Å². The fourth-order valence-corrected chi connectivity index (χ4v) is 3.24. The van der Waals surface area contributed by atoms with E-state index in [1.165, 1.54) is 0 Å². The molecule has 0 bridgehead atoms. The Morgan fingerprint density at radius 1 is 0.852 bits per heavy atom. The third kappa shape index (κ3) is 5.58. The number of Topliss-reactive ketones (excluding diaryl/α,β-unsaturated/α-hetero) is 2. The Hall–Kier alpha value is -1.81. The molecule has 0 N–H and O–H groups in total. The second kappa shape index (κ2) is 9.93. The zero-order valence-corrected chi connectivity index (χ0v) is 17.4. The number of rotatable bonds is 10. The van der Waals surface area contributed by atoms with Gasteiger partial charge >= 0.3 is 0 Å². The smallest absolute Gasteiger partial charge is 0.233 e. The van der Waals surface area contributed by atoms with Crippen molar-refractivity contribution in [3.8, 4) is 0 Å². The first-order valence-electron chi connectivity index (χ1n) is 9.70. The molecular weight excluding hydrogens is 364 g/mol. The van der Waals surface area contributed by atoms with Crippen LogP contribution in [0.4, 0.5) is 0 Å². The van der Waals surface area contributed by atoms with E-state index in [4.69, 9.17) is 21.1 Å². The van der Waals surface area contributed by atoms with Crippen LogP contribution in [-0.4, -0.2) is 24.8 Å². The number of hydrogen-bond donors (Lipinski definition) is 0. The monoisotopic (exact) mass is 392 g/mol. The summed E-state index contributed by atoms with van der Waals surface area (Å²) in [6.45, 7) is 9.28. The molecular formula is C22H29ClO4. The minimum absolute atomic E-state index is 0.00565. The zero-order chi connectivity index (χ0) is 20.0. The molecule has 0 saturated heterocycles. The van der Waals surface area contributed by atoms with E-state index >= 15 is 0 Å². The summed E-state index contributed by atoms with van der Waals surface area (Å²) in [6, 6.07) is 4.88. The molecule has 1 aromatic rings. The number of carbonyl (C=O) groups is 2. The maximum atomic E-state index is 13.0. The molecule has 0 fully saturated rings. The number of hydrogen-bond acceptors (Lipinski definition) is 4. The Kier molecular flexibility index (Phi) is 7.91. The molecule has 0 aromatic heterocycles. The molecule has 0 unspecified atom stereocenters. The summed E-state index contributed by atoms with van der Waals surface area (Å²) in [6.07, 6.45) is 3.59. The van der Waals surface area contributed by atoms with Crippen molar-refractivity contribution >= 4 is 23.2 Å². The molecule has 5 heteroatoms. The van der Waals surface area contributed by atoms with E-state index in [0.29, 0.717) is 25.0 Å². The third-order valence-corrected chi connectivity index (χ3v) is 4.76. The van der Waals surface area contributed by atoms with E-state index in [-0.39, 0.29) is 39.2 Å². The molecule has 0 atom stereocenters. The molecule has 4 nitrogen and oxygen atoms in total. The normalized spacial score (nSPS) is 14.2. The molecule has 27 heavy (non-hydrogen) atoms. The minimum Gasteiger partial charge on any atom is -0.486 e. The van der Waals surface area contributed by atoms with Crippen molar-refractivity contribution in [1.29, 1.82) is 0 Å². The fourth-order valence-electron chi connectivity index (χ4n) is 2.98. The van der Waals surface area contributed by atoms with Crippen molar-refractivity contribution in [2.45, 2.75) is 53.4 Å². The number of halogens is 1. The van der Waals surface area contributed by atoms with Gasteiger partial charge in [0, 0.05) is 5.56 Å². The van der Waals surface area contributed by atoms with Gasteiger partial charge in [0.2, 0.25) is 23.1 Å². The van der Waals surface area contributed by atoms with Crippen LogP contribution in [0.25, 0.3) is 0 Å². The highest BCUT2D eigenvalue weighted by Crippen LogP contribution is 2.32. The van der Waals surface area contributed by atoms with Gasteiger partial charge in [-0.1, -0.05) is 51.4 Å². The summed E-state index contributed by atoms with van der Waals surface area (Å²) < 4.78 is 11.5. The highest BCUT2D eigenvalue weighted by atomic mass is 35.5. The van der Waals surface area contributed by atoms with Crippen LogP contribution in [0.3, 0.4) is 0 Å². The Balaban J connectivity index is 2.23. The quantitative estimate of drug-likeness (QED) is 0.469. The highest BCUT2D eigenvalue weighted by Gasteiger charge is 2.36. The molecule has 0 saturated carbocycles. The predicted octanol–water partition coefficient (Wildman–Crippen LogP) is 5.84. The van der Waals surface area contributed by atoms with E-state index in [1.54, 1.807) is 18.2 Å². The number of fused-ring (bicyclic) bond motifs is 1. The van der Waals surface area contributed by atoms with Crippen LogP contribution in [0, 0.1) is 11.8 Å². The van der Waals surface area contributed by atoms with Crippen molar-refractivity contribution in [2.24, 2.45) is 11.8 Å². The number of ether oxygens (including phenoxy) is 2. The lowest BCUT2D eigenvalue weighted by Crippen LogP contribution is -2.26. The van der Waals surface area contributed by atoms with E-state index < -0.39 is 0 Å². The Bertz CT molecular complexity index is 719. The minimum atomic E-state index is -0.376. The predicted molar refractivity (Wildman–Crippen MR) is 107 cm³/mol. The number of allylic oxidation sites excluding steroid dienone is 2. The first-order chi connectivity index (χ1) is 12.8. The molecule has 1 aliphatic carbocycles. The lowest BCUT2D eigenvalue weighted by Gasteiger charge is -2.22. The SMILES string of the molecule is CC(C)CCCOC1=C(OCCCC(C)C)C(=O)c2c(Cl)cccc2C1=O. The van der Waals surface area contributed by atoms with Gasteiger partial charge in [-0.15, -0.1) is 0 Å². The summed E-state index contributed by atoms with van der Waals surface area (Å²) in [4.78, 5) is 25.9. The number of benzene rings is 1. The molecule has 0 radical (unpaired) electrons. The van der Waals surface area contributed by atoms with Crippen molar-refractivity contribution in [3.63, 3.8) is 0 Å².